The fraction of sp³-hybridized carbons (Fsp3) is 0.850. The smallest absolute Gasteiger partial charge is 0.410 e. The molecule has 1 aromatic heterocycles. The zero-order valence-corrected chi connectivity index (χ0v) is 17.9. The molecule has 0 unspecified atom stereocenters. The van der Waals surface area contributed by atoms with Gasteiger partial charge in [0, 0.05) is 25.6 Å². The Morgan fingerprint density at radius 2 is 2.07 bits per heavy atom. The van der Waals surface area contributed by atoms with Crippen LogP contribution in [-0.4, -0.2) is 63.2 Å². The first-order chi connectivity index (χ1) is 13.2. The summed E-state index contributed by atoms with van der Waals surface area (Å²) in [6.45, 7) is 12.6. The van der Waals surface area contributed by atoms with E-state index < -0.39 is 5.60 Å². The molecule has 3 heterocycles. The normalized spacial score (nSPS) is 22.5. The average molecular weight is 394 g/mol. The van der Waals surface area contributed by atoms with Crippen molar-refractivity contribution < 1.29 is 14.3 Å². The van der Waals surface area contributed by atoms with Crippen LogP contribution in [-0.2, 0) is 22.4 Å². The third-order valence-corrected chi connectivity index (χ3v) is 5.29. The van der Waals surface area contributed by atoms with Gasteiger partial charge < -0.3 is 24.3 Å². The molecule has 0 spiro atoms. The Morgan fingerprint density at radius 3 is 2.82 bits per heavy atom. The number of nitrogens with zero attached hydrogens (tertiary/aromatic N) is 4. The van der Waals surface area contributed by atoms with Gasteiger partial charge in [0.2, 0.25) is 0 Å². The Labute approximate surface area is 168 Å². The molecular weight excluding hydrogens is 358 g/mol. The highest BCUT2D eigenvalue weighted by Gasteiger charge is 2.32. The van der Waals surface area contributed by atoms with Gasteiger partial charge in [-0.15, -0.1) is 10.2 Å². The summed E-state index contributed by atoms with van der Waals surface area (Å²) >= 11 is 0. The monoisotopic (exact) mass is 393 g/mol. The van der Waals surface area contributed by atoms with Crippen LogP contribution in [0.4, 0.5) is 4.79 Å². The van der Waals surface area contributed by atoms with Crippen molar-refractivity contribution in [1.29, 1.82) is 0 Å². The van der Waals surface area contributed by atoms with Crippen LogP contribution in [0.3, 0.4) is 0 Å². The van der Waals surface area contributed by atoms with Gasteiger partial charge in [0.25, 0.3) is 0 Å². The maximum atomic E-state index is 12.6. The summed E-state index contributed by atoms with van der Waals surface area (Å²) in [7, 11) is 0. The minimum Gasteiger partial charge on any atom is -0.444 e. The topological polar surface area (TPSA) is 81.5 Å². The van der Waals surface area contributed by atoms with Gasteiger partial charge in [-0.2, -0.15) is 0 Å². The van der Waals surface area contributed by atoms with Gasteiger partial charge in [0.05, 0.1) is 25.3 Å². The fourth-order valence-electron chi connectivity index (χ4n) is 4.04. The van der Waals surface area contributed by atoms with Crippen LogP contribution in [0.15, 0.2) is 0 Å². The van der Waals surface area contributed by atoms with Gasteiger partial charge in [-0.3, -0.25) is 0 Å². The molecular formula is C20H35N5O3. The number of carbonyl (C=O) groups excluding carboxylic acids is 1. The van der Waals surface area contributed by atoms with Gasteiger partial charge in [-0.1, -0.05) is 0 Å². The van der Waals surface area contributed by atoms with E-state index in [9.17, 15) is 4.79 Å². The van der Waals surface area contributed by atoms with E-state index in [0.29, 0.717) is 19.8 Å². The lowest BCUT2D eigenvalue weighted by Gasteiger charge is -2.38. The van der Waals surface area contributed by atoms with Gasteiger partial charge >= 0.3 is 6.09 Å². The Hall–Kier alpha value is -1.67. The maximum Gasteiger partial charge on any atom is 0.410 e. The number of morpholine rings is 1. The van der Waals surface area contributed by atoms with Crippen molar-refractivity contribution >= 4 is 6.09 Å². The van der Waals surface area contributed by atoms with Crippen molar-refractivity contribution in [2.24, 2.45) is 0 Å². The molecule has 8 nitrogen and oxygen atoms in total. The Balaban J connectivity index is 1.58. The lowest BCUT2D eigenvalue weighted by molar-refractivity contribution is -0.0357. The molecule has 3 atom stereocenters. The summed E-state index contributed by atoms with van der Waals surface area (Å²) in [4.78, 5) is 14.4. The van der Waals surface area contributed by atoms with Crippen LogP contribution in [0.2, 0.25) is 0 Å². The summed E-state index contributed by atoms with van der Waals surface area (Å²) in [5.41, 5.74) is -0.495. The molecule has 8 heteroatoms. The number of carbonyl (C=O) groups is 1. The molecule has 2 aliphatic rings. The maximum absolute atomic E-state index is 12.6. The molecule has 1 aromatic rings. The van der Waals surface area contributed by atoms with E-state index >= 15 is 0 Å². The summed E-state index contributed by atoms with van der Waals surface area (Å²) in [5, 5.41) is 12.4. The first-order valence-electron chi connectivity index (χ1n) is 10.5. The first kappa shape index (κ1) is 21.0. The predicted molar refractivity (Wildman–Crippen MR) is 106 cm³/mol. The molecule has 1 amide bonds. The number of aromatic nitrogens is 3. The van der Waals surface area contributed by atoms with Gasteiger partial charge in [-0.05, 0) is 53.9 Å². The number of hydrogen-bond donors (Lipinski definition) is 1. The summed E-state index contributed by atoms with van der Waals surface area (Å²) in [6, 6.07) is 0.308. The Morgan fingerprint density at radius 1 is 1.29 bits per heavy atom. The largest absolute Gasteiger partial charge is 0.444 e. The number of fused-ring (bicyclic) bond motifs is 1. The molecule has 1 saturated heterocycles. The third-order valence-electron chi connectivity index (χ3n) is 5.29. The van der Waals surface area contributed by atoms with E-state index in [1.54, 1.807) is 0 Å². The number of hydrogen-bond acceptors (Lipinski definition) is 6. The van der Waals surface area contributed by atoms with E-state index in [4.69, 9.17) is 9.47 Å². The predicted octanol–water partition coefficient (Wildman–Crippen LogP) is 2.68. The summed E-state index contributed by atoms with van der Waals surface area (Å²) in [5.74, 6) is 2.10. The molecule has 0 aliphatic carbocycles. The van der Waals surface area contributed by atoms with Crippen LogP contribution >= 0.6 is 0 Å². The highest BCUT2D eigenvalue weighted by atomic mass is 16.6. The van der Waals surface area contributed by atoms with Crippen LogP contribution in [0.25, 0.3) is 0 Å². The zero-order valence-electron chi connectivity index (χ0n) is 17.9. The standard InChI is InChI=1S/C20H35N5O3/c1-14(21-15(2)18-23-22-17-8-6-7-9-25(17)18)12-16-13-27-11-10-24(16)19(26)28-20(3,4)5/h14-16,21H,6-13H2,1-5H3/t14-,15+,16-/m1/s1. The molecule has 0 aromatic carbocycles. The second-order valence-electron chi connectivity index (χ2n) is 9.01. The second-order valence-corrected chi connectivity index (χ2v) is 9.01. The highest BCUT2D eigenvalue weighted by molar-refractivity contribution is 5.68. The molecule has 3 rings (SSSR count). The number of ether oxygens (including phenoxy) is 2. The van der Waals surface area contributed by atoms with Crippen molar-refractivity contribution in [3.63, 3.8) is 0 Å². The van der Waals surface area contributed by atoms with E-state index in [1.807, 2.05) is 25.7 Å². The molecule has 1 N–H and O–H groups in total. The van der Waals surface area contributed by atoms with Crippen LogP contribution in [0.5, 0.6) is 0 Å². The van der Waals surface area contributed by atoms with Crippen molar-refractivity contribution in [1.82, 2.24) is 25.0 Å². The molecule has 0 bridgehead atoms. The van der Waals surface area contributed by atoms with Crippen LogP contribution < -0.4 is 5.32 Å². The molecule has 158 valence electrons. The highest BCUT2D eigenvalue weighted by Crippen LogP contribution is 2.21. The molecule has 1 fully saturated rings. The van der Waals surface area contributed by atoms with E-state index in [2.05, 4.69) is 33.9 Å². The van der Waals surface area contributed by atoms with Crippen LogP contribution in [0.1, 0.15) is 71.6 Å². The molecule has 0 radical (unpaired) electrons. The van der Waals surface area contributed by atoms with Crippen molar-refractivity contribution in [3.8, 4) is 0 Å². The van der Waals surface area contributed by atoms with Crippen molar-refractivity contribution in [2.45, 2.75) is 90.6 Å². The second kappa shape index (κ2) is 8.78. The fourth-order valence-corrected chi connectivity index (χ4v) is 4.04. The lowest BCUT2D eigenvalue weighted by Crippen LogP contribution is -2.52. The van der Waals surface area contributed by atoms with Gasteiger partial charge in [-0.25, -0.2) is 4.79 Å². The minimum atomic E-state index is -0.495. The SMILES string of the molecule is C[C@H](C[C@@H]1COCCN1C(=O)OC(C)(C)C)N[C@@H](C)c1nnc2n1CCCC2. The number of amides is 1. The van der Waals surface area contributed by atoms with Gasteiger partial charge in [0.15, 0.2) is 0 Å². The number of rotatable bonds is 5. The minimum absolute atomic E-state index is 0.00520. The van der Waals surface area contributed by atoms with E-state index in [1.165, 1.54) is 12.8 Å². The van der Waals surface area contributed by atoms with Crippen molar-refractivity contribution in [3.05, 3.63) is 11.6 Å². The zero-order chi connectivity index (χ0) is 20.3. The molecule has 2 aliphatic heterocycles. The Bertz CT molecular complexity index is 669. The number of aryl methyl sites for hydroxylation is 1. The molecule has 28 heavy (non-hydrogen) atoms. The van der Waals surface area contributed by atoms with Crippen molar-refractivity contribution in [2.75, 3.05) is 19.8 Å². The average Bonchev–Trinajstić information content (AvgIpc) is 3.04. The molecule has 0 saturated carbocycles. The quantitative estimate of drug-likeness (QED) is 0.828. The summed E-state index contributed by atoms with van der Waals surface area (Å²) < 4.78 is 13.5. The van der Waals surface area contributed by atoms with E-state index in [0.717, 1.165) is 31.0 Å². The van der Waals surface area contributed by atoms with Crippen LogP contribution in [0, 0.1) is 0 Å². The third kappa shape index (κ3) is 5.23. The summed E-state index contributed by atoms with van der Waals surface area (Å²) in [6.07, 6.45) is 3.93. The lowest BCUT2D eigenvalue weighted by atomic mass is 10.1. The first-order valence-corrected chi connectivity index (χ1v) is 10.5. The Kier molecular flexibility index (Phi) is 6.60. The number of nitrogens with one attached hydrogen (secondary N) is 1. The van der Waals surface area contributed by atoms with E-state index in [-0.39, 0.29) is 24.2 Å². The van der Waals surface area contributed by atoms with Gasteiger partial charge in [0.1, 0.15) is 17.2 Å².